The summed E-state index contributed by atoms with van der Waals surface area (Å²) >= 11 is 0. The van der Waals surface area contributed by atoms with Crippen LogP contribution in [0.1, 0.15) is 44.2 Å². The Balaban J connectivity index is 0.00000308. The first-order valence-electron chi connectivity index (χ1n) is 12.9. The molecule has 1 amide bonds. The zero-order valence-electron chi connectivity index (χ0n) is 21.7. The number of likely N-dealkylation sites (tertiary alicyclic amines) is 1. The second-order valence-electron chi connectivity index (χ2n) is 10.4. The molecule has 38 heavy (non-hydrogen) atoms. The van der Waals surface area contributed by atoms with Crippen LogP contribution in [0.2, 0.25) is 0 Å². The van der Waals surface area contributed by atoms with Crippen LogP contribution in [0, 0.1) is 5.82 Å². The number of nitrogens with zero attached hydrogens (tertiary/aromatic N) is 2. The number of hydrogen-bond acceptors (Lipinski definition) is 6. The minimum absolute atomic E-state index is 0. The standard InChI is InChI=1S/C29H31FN2O6.H2/c1-28(2)36-18-21(37-28)17-35-23-9-6-19(15-25(23)34-3)27(33)31-13-10-29(11-14-31)26-5-4-12-32(26)22-8-7-20(30)16-24(22)38-29;/h4-9,12,15-16,21H,10-11,13-14,17-18H2,1-3H3;1H/t21-;/m1./s1. The SMILES string of the molecule is COc1cc(C(=O)N2CCC3(CC2)Oc2cc(F)ccc2-n2cccc23)ccc1OC[C@@H]1COC(C)(C)O1.[HH]. The Morgan fingerprint density at radius 1 is 1.13 bits per heavy atom. The van der Waals surface area contributed by atoms with Crippen molar-refractivity contribution < 1.29 is 34.3 Å². The van der Waals surface area contributed by atoms with Crippen molar-refractivity contribution in [3.63, 3.8) is 0 Å². The molecule has 1 atom stereocenters. The molecule has 0 aliphatic carbocycles. The van der Waals surface area contributed by atoms with Crippen molar-refractivity contribution in [2.45, 2.75) is 44.2 Å². The monoisotopic (exact) mass is 524 g/mol. The lowest BCUT2D eigenvalue weighted by molar-refractivity contribution is -0.141. The van der Waals surface area contributed by atoms with Gasteiger partial charge >= 0.3 is 0 Å². The van der Waals surface area contributed by atoms with Crippen molar-refractivity contribution in [2.75, 3.05) is 33.4 Å². The third kappa shape index (κ3) is 4.39. The summed E-state index contributed by atoms with van der Waals surface area (Å²) in [5, 5.41) is 0. The van der Waals surface area contributed by atoms with Gasteiger partial charge in [0, 0.05) is 45.2 Å². The highest BCUT2D eigenvalue weighted by Gasteiger charge is 2.44. The van der Waals surface area contributed by atoms with E-state index >= 15 is 0 Å². The minimum atomic E-state index is -0.618. The van der Waals surface area contributed by atoms with Crippen LogP contribution in [0.15, 0.2) is 54.7 Å². The summed E-state index contributed by atoms with van der Waals surface area (Å²) in [6.45, 7) is 5.52. The lowest BCUT2D eigenvalue weighted by Crippen LogP contribution is -2.50. The summed E-state index contributed by atoms with van der Waals surface area (Å²) in [7, 11) is 1.55. The van der Waals surface area contributed by atoms with E-state index in [1.165, 1.54) is 12.1 Å². The maximum atomic E-state index is 14.0. The molecule has 3 aliphatic heterocycles. The lowest BCUT2D eigenvalue weighted by atomic mass is 9.86. The first-order valence-corrected chi connectivity index (χ1v) is 12.9. The average Bonchev–Trinajstić information content (AvgIpc) is 3.54. The molecule has 0 radical (unpaired) electrons. The molecule has 2 fully saturated rings. The predicted molar refractivity (Wildman–Crippen MR) is 139 cm³/mol. The first kappa shape index (κ1) is 24.8. The fourth-order valence-corrected chi connectivity index (χ4v) is 5.55. The number of carbonyl (C=O) groups excluding carboxylic acids is 1. The molecule has 0 saturated carbocycles. The third-order valence-corrected chi connectivity index (χ3v) is 7.46. The molecule has 0 unspecified atom stereocenters. The van der Waals surface area contributed by atoms with E-state index in [2.05, 4.69) is 4.57 Å². The van der Waals surface area contributed by atoms with Crippen molar-refractivity contribution in [1.82, 2.24) is 9.47 Å². The molecular weight excluding hydrogens is 491 g/mol. The van der Waals surface area contributed by atoms with Crippen LogP contribution in [0.5, 0.6) is 17.2 Å². The van der Waals surface area contributed by atoms with Gasteiger partial charge in [-0.2, -0.15) is 0 Å². The van der Waals surface area contributed by atoms with E-state index in [1.807, 2.05) is 37.1 Å². The van der Waals surface area contributed by atoms with Crippen molar-refractivity contribution >= 4 is 5.91 Å². The number of halogens is 1. The highest BCUT2D eigenvalue weighted by molar-refractivity contribution is 5.95. The smallest absolute Gasteiger partial charge is 0.253 e. The van der Waals surface area contributed by atoms with Crippen molar-refractivity contribution in [2.24, 2.45) is 0 Å². The van der Waals surface area contributed by atoms with Crippen LogP contribution in [-0.4, -0.2) is 60.7 Å². The van der Waals surface area contributed by atoms with Gasteiger partial charge in [-0.1, -0.05) is 0 Å². The highest BCUT2D eigenvalue weighted by atomic mass is 19.1. The van der Waals surface area contributed by atoms with Crippen LogP contribution in [0.25, 0.3) is 5.69 Å². The molecule has 3 aliphatic rings. The Bertz CT molecular complexity index is 1370. The first-order chi connectivity index (χ1) is 18.3. The van der Waals surface area contributed by atoms with Gasteiger partial charge < -0.3 is 33.2 Å². The minimum Gasteiger partial charge on any atom is -0.493 e. The number of fused-ring (bicyclic) bond motifs is 4. The Hall–Kier alpha value is -3.56. The molecule has 202 valence electrons. The van der Waals surface area contributed by atoms with Crippen LogP contribution in [0.3, 0.4) is 0 Å². The van der Waals surface area contributed by atoms with E-state index in [-0.39, 0.29) is 19.3 Å². The van der Waals surface area contributed by atoms with E-state index in [4.69, 9.17) is 23.7 Å². The molecule has 2 aromatic carbocycles. The highest BCUT2D eigenvalue weighted by Crippen LogP contribution is 2.45. The summed E-state index contributed by atoms with van der Waals surface area (Å²) < 4.78 is 45.3. The number of aromatic nitrogens is 1. The molecular formula is C29H33FN2O6. The molecule has 0 bridgehead atoms. The van der Waals surface area contributed by atoms with E-state index in [0.29, 0.717) is 62.0 Å². The van der Waals surface area contributed by atoms with Gasteiger partial charge in [0.25, 0.3) is 5.91 Å². The van der Waals surface area contributed by atoms with E-state index < -0.39 is 11.4 Å². The van der Waals surface area contributed by atoms with Gasteiger partial charge in [0.2, 0.25) is 0 Å². The van der Waals surface area contributed by atoms with Gasteiger partial charge in [-0.3, -0.25) is 4.79 Å². The number of hydrogen-bond donors (Lipinski definition) is 0. The zero-order chi connectivity index (χ0) is 26.5. The van der Waals surface area contributed by atoms with Crippen LogP contribution < -0.4 is 14.2 Å². The van der Waals surface area contributed by atoms with Crippen LogP contribution >= 0.6 is 0 Å². The Morgan fingerprint density at radius 3 is 2.68 bits per heavy atom. The Kier molecular flexibility index (Phi) is 6.07. The van der Waals surface area contributed by atoms with Gasteiger partial charge in [0.1, 0.15) is 24.3 Å². The van der Waals surface area contributed by atoms with Crippen LogP contribution in [0.4, 0.5) is 4.39 Å². The van der Waals surface area contributed by atoms with E-state index in [9.17, 15) is 9.18 Å². The number of benzene rings is 2. The van der Waals surface area contributed by atoms with Gasteiger partial charge in [-0.25, -0.2) is 4.39 Å². The van der Waals surface area contributed by atoms with Gasteiger partial charge in [-0.15, -0.1) is 0 Å². The molecule has 6 rings (SSSR count). The number of carbonyl (C=O) groups is 1. The quantitative estimate of drug-likeness (QED) is 0.472. The number of amides is 1. The number of piperidine rings is 1. The number of ether oxygens (including phenoxy) is 5. The maximum Gasteiger partial charge on any atom is 0.253 e. The number of methoxy groups -OCH3 is 1. The zero-order valence-corrected chi connectivity index (χ0v) is 21.7. The summed E-state index contributed by atoms with van der Waals surface area (Å²) in [5.41, 5.74) is 1.75. The molecule has 9 heteroatoms. The second-order valence-corrected chi connectivity index (χ2v) is 10.4. The van der Waals surface area contributed by atoms with Gasteiger partial charge in [0.15, 0.2) is 22.9 Å². The molecule has 1 aromatic heterocycles. The third-order valence-electron chi connectivity index (χ3n) is 7.46. The number of rotatable bonds is 5. The molecule has 4 heterocycles. The summed E-state index contributed by atoms with van der Waals surface area (Å²) in [4.78, 5) is 15.2. The summed E-state index contributed by atoms with van der Waals surface area (Å²) in [5.74, 6) is 0.499. The summed E-state index contributed by atoms with van der Waals surface area (Å²) in [6, 6.07) is 13.8. The summed E-state index contributed by atoms with van der Waals surface area (Å²) in [6.07, 6.45) is 2.98. The van der Waals surface area contributed by atoms with Gasteiger partial charge in [0.05, 0.1) is 25.1 Å². The Labute approximate surface area is 222 Å². The van der Waals surface area contributed by atoms with Crippen molar-refractivity contribution in [3.05, 3.63) is 71.8 Å². The molecule has 3 aromatic rings. The largest absolute Gasteiger partial charge is 0.493 e. The van der Waals surface area contributed by atoms with E-state index in [0.717, 1.165) is 11.4 Å². The lowest BCUT2D eigenvalue weighted by Gasteiger charge is -2.45. The van der Waals surface area contributed by atoms with Crippen molar-refractivity contribution in [1.29, 1.82) is 0 Å². The molecule has 0 N–H and O–H groups in total. The predicted octanol–water partition coefficient (Wildman–Crippen LogP) is 4.93. The second kappa shape index (κ2) is 9.32. The maximum absolute atomic E-state index is 14.0. The Morgan fingerprint density at radius 2 is 1.95 bits per heavy atom. The fraction of sp³-hybridized carbons (Fsp3) is 0.414. The fourth-order valence-electron chi connectivity index (χ4n) is 5.55. The topological polar surface area (TPSA) is 71.4 Å². The van der Waals surface area contributed by atoms with Crippen molar-refractivity contribution in [3.8, 4) is 22.9 Å². The molecule has 1 spiro atoms. The van der Waals surface area contributed by atoms with Gasteiger partial charge in [-0.05, 0) is 56.3 Å². The van der Waals surface area contributed by atoms with E-state index in [1.54, 1.807) is 31.4 Å². The average molecular weight is 525 g/mol. The molecule has 8 nitrogen and oxygen atoms in total. The normalized spacial score (nSPS) is 20.9. The van der Waals surface area contributed by atoms with Crippen LogP contribution in [-0.2, 0) is 15.1 Å². The molecule has 2 saturated heterocycles.